The number of alkyl halides is 3. The molecule has 0 unspecified atom stereocenters. The lowest BCUT2D eigenvalue weighted by molar-refractivity contribution is -0.0328. The minimum Gasteiger partial charge on any atom is -0.383 e. The van der Waals surface area contributed by atoms with Crippen molar-refractivity contribution in [1.82, 2.24) is 9.38 Å². The Hall–Kier alpha value is -2.15. The molecule has 0 aliphatic rings. The molecule has 0 amide bonds. The summed E-state index contributed by atoms with van der Waals surface area (Å²) in [6.07, 6.45) is 1.79. The summed E-state index contributed by atoms with van der Waals surface area (Å²) in [5, 5.41) is 0. The van der Waals surface area contributed by atoms with Crippen LogP contribution in [-0.4, -0.2) is 14.9 Å². The number of thioether (sulfide) groups is 1. The average Bonchev–Trinajstić information content (AvgIpc) is 2.76. The first-order chi connectivity index (χ1) is 9.94. The summed E-state index contributed by atoms with van der Waals surface area (Å²) in [6.45, 7) is 0. The first kappa shape index (κ1) is 13.8. The van der Waals surface area contributed by atoms with Gasteiger partial charge in [-0.25, -0.2) is 4.98 Å². The van der Waals surface area contributed by atoms with Gasteiger partial charge >= 0.3 is 5.51 Å². The number of rotatable bonds is 2. The molecule has 0 saturated carbocycles. The zero-order valence-corrected chi connectivity index (χ0v) is 11.4. The van der Waals surface area contributed by atoms with Crippen molar-refractivity contribution in [2.75, 3.05) is 5.73 Å². The van der Waals surface area contributed by atoms with Gasteiger partial charge < -0.3 is 5.73 Å². The van der Waals surface area contributed by atoms with Crippen LogP contribution >= 0.6 is 11.8 Å². The van der Waals surface area contributed by atoms with Gasteiger partial charge in [0, 0.05) is 16.7 Å². The molecule has 0 spiro atoms. The highest BCUT2D eigenvalue weighted by atomic mass is 32.2. The molecule has 2 aromatic heterocycles. The third kappa shape index (κ3) is 2.82. The molecule has 1 aromatic carbocycles. The lowest BCUT2D eigenvalue weighted by atomic mass is 10.1. The van der Waals surface area contributed by atoms with Gasteiger partial charge in [0.1, 0.15) is 17.2 Å². The smallest absolute Gasteiger partial charge is 0.383 e. The number of aromatic nitrogens is 2. The molecule has 2 N–H and O–H groups in total. The third-order valence-corrected chi connectivity index (χ3v) is 3.67. The molecule has 0 atom stereocenters. The van der Waals surface area contributed by atoms with Crippen LogP contribution in [0.1, 0.15) is 0 Å². The van der Waals surface area contributed by atoms with Gasteiger partial charge in [0.05, 0.1) is 0 Å². The predicted molar refractivity (Wildman–Crippen MR) is 77.0 cm³/mol. The Morgan fingerprint density at radius 1 is 1.05 bits per heavy atom. The lowest BCUT2D eigenvalue weighted by Crippen LogP contribution is -1.98. The number of nitrogens with zero attached hydrogens (tertiary/aromatic N) is 2. The van der Waals surface area contributed by atoms with Gasteiger partial charge in [-0.1, -0.05) is 18.2 Å². The number of nitrogens with two attached hydrogens (primary N) is 1. The van der Waals surface area contributed by atoms with Crippen LogP contribution in [0, 0.1) is 0 Å². The Kier molecular flexibility index (Phi) is 3.29. The summed E-state index contributed by atoms with van der Waals surface area (Å²) in [5.74, 6) is 0.460. The zero-order valence-electron chi connectivity index (χ0n) is 10.6. The van der Waals surface area contributed by atoms with Gasteiger partial charge in [-0.3, -0.25) is 4.40 Å². The summed E-state index contributed by atoms with van der Waals surface area (Å²) in [5.41, 5.74) is 3.67. The first-order valence-electron chi connectivity index (χ1n) is 6.03. The molecule has 0 bridgehead atoms. The van der Waals surface area contributed by atoms with Gasteiger partial charge in [0.15, 0.2) is 0 Å². The molecule has 0 fully saturated rings. The minimum atomic E-state index is -4.29. The quantitative estimate of drug-likeness (QED) is 0.722. The summed E-state index contributed by atoms with van der Waals surface area (Å²) in [6, 6.07) is 11.5. The fraction of sp³-hybridized carbons (Fsp3) is 0.0714. The monoisotopic (exact) mass is 309 g/mol. The molecule has 2 heterocycles. The number of pyridine rings is 1. The third-order valence-electron chi connectivity index (χ3n) is 2.93. The SMILES string of the molecule is Nc1c(-c2ccc(SC(F)(F)F)cc2)nc2ccccn12. The van der Waals surface area contributed by atoms with Crippen LogP contribution < -0.4 is 5.73 Å². The van der Waals surface area contributed by atoms with Crippen LogP contribution in [0.2, 0.25) is 0 Å². The largest absolute Gasteiger partial charge is 0.446 e. The number of hydrogen-bond acceptors (Lipinski definition) is 3. The van der Waals surface area contributed by atoms with E-state index in [1.54, 1.807) is 22.7 Å². The van der Waals surface area contributed by atoms with Crippen molar-refractivity contribution < 1.29 is 13.2 Å². The van der Waals surface area contributed by atoms with Gasteiger partial charge in [-0.15, -0.1) is 0 Å². The highest BCUT2D eigenvalue weighted by Gasteiger charge is 2.29. The van der Waals surface area contributed by atoms with Crippen molar-refractivity contribution in [2.24, 2.45) is 0 Å². The van der Waals surface area contributed by atoms with E-state index >= 15 is 0 Å². The number of anilines is 1. The second-order valence-electron chi connectivity index (χ2n) is 4.35. The average molecular weight is 309 g/mol. The summed E-state index contributed by atoms with van der Waals surface area (Å²) < 4.78 is 38.6. The molecule has 108 valence electrons. The van der Waals surface area contributed by atoms with E-state index in [1.165, 1.54) is 12.1 Å². The molecular weight excluding hydrogens is 299 g/mol. The molecule has 3 aromatic rings. The van der Waals surface area contributed by atoms with Crippen LogP contribution in [0.4, 0.5) is 19.0 Å². The number of benzene rings is 1. The molecule has 0 aliphatic carbocycles. The van der Waals surface area contributed by atoms with Gasteiger partial charge in [0.2, 0.25) is 0 Å². The standard InChI is InChI=1S/C14H10F3N3S/c15-14(16,17)21-10-6-4-9(5-7-10)12-13(18)20-8-2-1-3-11(20)19-12/h1-8H,18H2. The fourth-order valence-corrected chi connectivity index (χ4v) is 2.58. The van der Waals surface area contributed by atoms with Crippen LogP contribution in [-0.2, 0) is 0 Å². The van der Waals surface area contributed by atoms with Crippen molar-refractivity contribution in [3.05, 3.63) is 48.7 Å². The summed E-state index contributed by atoms with van der Waals surface area (Å²) in [7, 11) is 0. The minimum absolute atomic E-state index is 0.133. The van der Waals surface area contributed by atoms with E-state index in [-0.39, 0.29) is 16.7 Å². The Bertz CT molecular complexity index is 778. The van der Waals surface area contributed by atoms with E-state index in [4.69, 9.17) is 5.73 Å². The van der Waals surface area contributed by atoms with Crippen LogP contribution in [0.15, 0.2) is 53.6 Å². The van der Waals surface area contributed by atoms with Crippen molar-refractivity contribution in [2.45, 2.75) is 10.4 Å². The maximum absolute atomic E-state index is 12.3. The van der Waals surface area contributed by atoms with E-state index in [1.807, 2.05) is 18.2 Å². The molecule has 3 rings (SSSR count). The van der Waals surface area contributed by atoms with E-state index in [0.717, 1.165) is 0 Å². The van der Waals surface area contributed by atoms with Gasteiger partial charge in [-0.2, -0.15) is 13.2 Å². The molecule has 0 radical (unpaired) electrons. The second kappa shape index (κ2) is 5.00. The Balaban J connectivity index is 1.97. The van der Waals surface area contributed by atoms with Crippen LogP contribution in [0.25, 0.3) is 16.9 Å². The summed E-state index contributed by atoms with van der Waals surface area (Å²) >= 11 is -0.143. The number of halogens is 3. The fourth-order valence-electron chi connectivity index (χ4n) is 2.04. The molecule has 0 aliphatic heterocycles. The van der Waals surface area contributed by atoms with Crippen molar-refractivity contribution in [3.63, 3.8) is 0 Å². The Morgan fingerprint density at radius 3 is 2.38 bits per heavy atom. The number of imidazole rings is 1. The van der Waals surface area contributed by atoms with Gasteiger partial charge in [0.25, 0.3) is 0 Å². The van der Waals surface area contributed by atoms with E-state index < -0.39 is 5.51 Å². The van der Waals surface area contributed by atoms with Crippen LogP contribution in [0.5, 0.6) is 0 Å². The van der Waals surface area contributed by atoms with Crippen molar-refractivity contribution in [1.29, 1.82) is 0 Å². The second-order valence-corrected chi connectivity index (χ2v) is 5.49. The van der Waals surface area contributed by atoms with E-state index in [9.17, 15) is 13.2 Å². The number of hydrogen-bond donors (Lipinski definition) is 1. The highest BCUT2D eigenvalue weighted by Crippen LogP contribution is 2.37. The number of fused-ring (bicyclic) bond motifs is 1. The molecule has 7 heteroatoms. The topological polar surface area (TPSA) is 43.3 Å². The maximum Gasteiger partial charge on any atom is 0.446 e. The van der Waals surface area contributed by atoms with Crippen molar-refractivity contribution >= 4 is 23.2 Å². The first-order valence-corrected chi connectivity index (χ1v) is 6.84. The zero-order chi connectivity index (χ0) is 15.0. The highest BCUT2D eigenvalue weighted by molar-refractivity contribution is 8.00. The normalized spacial score (nSPS) is 12.0. The van der Waals surface area contributed by atoms with Crippen LogP contribution in [0.3, 0.4) is 0 Å². The summed E-state index contributed by atoms with van der Waals surface area (Å²) in [4.78, 5) is 4.53. The molecule has 3 nitrogen and oxygen atoms in total. The van der Waals surface area contributed by atoms with E-state index in [2.05, 4.69) is 4.98 Å². The lowest BCUT2D eigenvalue weighted by Gasteiger charge is -2.06. The molecule has 21 heavy (non-hydrogen) atoms. The predicted octanol–water partition coefficient (Wildman–Crippen LogP) is 4.20. The molecule has 0 saturated heterocycles. The maximum atomic E-state index is 12.3. The number of nitrogen functional groups attached to an aromatic ring is 1. The molecular formula is C14H10F3N3S. The van der Waals surface area contributed by atoms with Crippen molar-refractivity contribution in [3.8, 4) is 11.3 Å². The Morgan fingerprint density at radius 2 is 1.76 bits per heavy atom. The van der Waals surface area contributed by atoms with Gasteiger partial charge in [-0.05, 0) is 36.0 Å². The Labute approximate surface area is 122 Å². The van der Waals surface area contributed by atoms with E-state index in [0.29, 0.717) is 22.7 Å².